The monoisotopic (exact) mass is 274 g/mol. The Labute approximate surface area is 117 Å². The lowest BCUT2D eigenvalue weighted by Crippen LogP contribution is -2.41. The molecule has 1 amide bonds. The molecular weight excluding hydrogens is 256 g/mol. The minimum Gasteiger partial charge on any atom is -0.360 e. The Morgan fingerprint density at radius 3 is 3.16 bits per heavy atom. The lowest BCUT2D eigenvalue weighted by atomic mass is 10.1. The minimum absolute atomic E-state index is 0.163. The fraction of sp³-hybridized carbons (Fsp3) is 0.400. The third-order valence-corrected chi connectivity index (χ3v) is 5.07. The van der Waals surface area contributed by atoms with E-state index in [2.05, 4.69) is 11.9 Å². The zero-order valence-electron chi connectivity index (χ0n) is 11.1. The van der Waals surface area contributed by atoms with Crippen molar-refractivity contribution in [2.24, 2.45) is 0 Å². The molecule has 1 atom stereocenters. The van der Waals surface area contributed by atoms with E-state index in [1.807, 2.05) is 47.1 Å². The van der Waals surface area contributed by atoms with Crippen LogP contribution >= 0.6 is 11.8 Å². The number of thioether (sulfide) groups is 1. The summed E-state index contributed by atoms with van der Waals surface area (Å²) in [6, 6.07) is 7.98. The van der Waals surface area contributed by atoms with Gasteiger partial charge in [0.1, 0.15) is 0 Å². The van der Waals surface area contributed by atoms with E-state index in [4.69, 9.17) is 0 Å². The number of hydrogen-bond acceptors (Lipinski definition) is 2. The summed E-state index contributed by atoms with van der Waals surface area (Å²) in [6.07, 6.45) is 2.97. The van der Waals surface area contributed by atoms with Crippen LogP contribution in [0, 0.1) is 0 Å². The lowest BCUT2D eigenvalue weighted by molar-refractivity contribution is 0.0763. The van der Waals surface area contributed by atoms with Crippen LogP contribution in [-0.2, 0) is 0 Å². The molecule has 3 nitrogen and oxygen atoms in total. The molecule has 100 valence electrons. The number of aromatic amines is 1. The number of benzene rings is 1. The Bertz CT molecular complexity index is 593. The molecule has 1 saturated heterocycles. The lowest BCUT2D eigenvalue weighted by Gasteiger charge is -2.31. The van der Waals surface area contributed by atoms with Crippen LogP contribution in [0.15, 0.2) is 30.5 Å². The fourth-order valence-electron chi connectivity index (χ4n) is 2.57. The van der Waals surface area contributed by atoms with Gasteiger partial charge in [-0.25, -0.2) is 0 Å². The number of aromatic nitrogens is 1. The van der Waals surface area contributed by atoms with Gasteiger partial charge in [0.05, 0.1) is 5.56 Å². The van der Waals surface area contributed by atoms with Crippen molar-refractivity contribution in [3.8, 4) is 0 Å². The first kappa shape index (κ1) is 12.6. The number of amides is 1. The van der Waals surface area contributed by atoms with Crippen molar-refractivity contribution >= 4 is 28.6 Å². The quantitative estimate of drug-likeness (QED) is 0.913. The van der Waals surface area contributed by atoms with E-state index >= 15 is 0 Å². The molecule has 1 aromatic carbocycles. The molecule has 1 N–H and O–H groups in total. The Kier molecular flexibility index (Phi) is 3.51. The van der Waals surface area contributed by atoms with Crippen LogP contribution in [0.2, 0.25) is 0 Å². The molecule has 0 bridgehead atoms. The molecule has 1 aliphatic heterocycles. The van der Waals surface area contributed by atoms with Crippen LogP contribution in [0.1, 0.15) is 23.7 Å². The van der Waals surface area contributed by atoms with Gasteiger partial charge < -0.3 is 9.88 Å². The van der Waals surface area contributed by atoms with Crippen molar-refractivity contribution < 1.29 is 4.79 Å². The molecule has 1 fully saturated rings. The normalized spacial score (nSPS) is 19.8. The summed E-state index contributed by atoms with van der Waals surface area (Å²) in [5.41, 5.74) is 1.83. The highest BCUT2D eigenvalue weighted by Crippen LogP contribution is 2.25. The Hall–Kier alpha value is -1.42. The third kappa shape index (κ3) is 2.37. The maximum absolute atomic E-state index is 12.6. The SMILES string of the molecule is CCC1CN(C(=O)c2c[nH]c3ccccc23)CCS1. The van der Waals surface area contributed by atoms with Gasteiger partial charge in [-0.15, -0.1) is 0 Å². The summed E-state index contributed by atoms with van der Waals surface area (Å²) in [5, 5.41) is 1.61. The topological polar surface area (TPSA) is 36.1 Å². The molecule has 0 radical (unpaired) electrons. The summed E-state index contributed by atoms with van der Waals surface area (Å²) in [7, 11) is 0. The second kappa shape index (κ2) is 5.29. The zero-order chi connectivity index (χ0) is 13.2. The predicted octanol–water partition coefficient (Wildman–Crippen LogP) is 3.14. The second-order valence-corrected chi connectivity index (χ2v) is 6.31. The average molecular weight is 274 g/mol. The number of H-pyrrole nitrogens is 1. The van der Waals surface area contributed by atoms with E-state index in [1.54, 1.807) is 0 Å². The van der Waals surface area contributed by atoms with Crippen LogP contribution < -0.4 is 0 Å². The zero-order valence-corrected chi connectivity index (χ0v) is 11.9. The van der Waals surface area contributed by atoms with Crippen LogP contribution in [0.5, 0.6) is 0 Å². The molecule has 2 heterocycles. The Balaban J connectivity index is 1.87. The van der Waals surface area contributed by atoms with Crippen LogP contribution in [0.3, 0.4) is 0 Å². The molecule has 2 aromatic rings. The summed E-state index contributed by atoms with van der Waals surface area (Å²) < 4.78 is 0. The van der Waals surface area contributed by atoms with Gasteiger partial charge in [-0.3, -0.25) is 4.79 Å². The first-order valence-electron chi connectivity index (χ1n) is 6.76. The molecule has 0 saturated carbocycles. The highest BCUT2D eigenvalue weighted by molar-refractivity contribution is 8.00. The van der Waals surface area contributed by atoms with E-state index in [1.165, 1.54) is 0 Å². The van der Waals surface area contributed by atoms with Crippen LogP contribution in [0.25, 0.3) is 10.9 Å². The molecule has 1 unspecified atom stereocenters. The molecule has 1 aromatic heterocycles. The van der Waals surface area contributed by atoms with E-state index < -0.39 is 0 Å². The number of nitrogens with zero attached hydrogens (tertiary/aromatic N) is 1. The minimum atomic E-state index is 0.163. The van der Waals surface area contributed by atoms with Crippen molar-refractivity contribution in [1.82, 2.24) is 9.88 Å². The van der Waals surface area contributed by atoms with Gasteiger partial charge in [0, 0.05) is 41.2 Å². The van der Waals surface area contributed by atoms with Gasteiger partial charge in [0.25, 0.3) is 5.91 Å². The first-order chi connectivity index (χ1) is 9.29. The molecular formula is C15H18N2OS. The summed E-state index contributed by atoms with van der Waals surface area (Å²) >= 11 is 1.98. The number of carbonyl (C=O) groups is 1. The fourth-order valence-corrected chi connectivity index (χ4v) is 3.75. The molecule has 19 heavy (non-hydrogen) atoms. The summed E-state index contributed by atoms with van der Waals surface area (Å²) in [6.45, 7) is 3.93. The van der Waals surface area contributed by atoms with Crippen LogP contribution in [0.4, 0.5) is 0 Å². The Morgan fingerprint density at radius 2 is 2.32 bits per heavy atom. The maximum Gasteiger partial charge on any atom is 0.256 e. The van der Waals surface area contributed by atoms with Gasteiger partial charge in [0.15, 0.2) is 0 Å². The number of rotatable bonds is 2. The van der Waals surface area contributed by atoms with Gasteiger partial charge in [0.2, 0.25) is 0 Å². The molecule has 4 heteroatoms. The van der Waals surface area contributed by atoms with Gasteiger partial charge in [-0.1, -0.05) is 25.1 Å². The number of fused-ring (bicyclic) bond motifs is 1. The second-order valence-electron chi connectivity index (χ2n) is 4.90. The summed E-state index contributed by atoms with van der Waals surface area (Å²) in [4.78, 5) is 17.8. The van der Waals surface area contributed by atoms with Crippen molar-refractivity contribution in [3.63, 3.8) is 0 Å². The van der Waals surface area contributed by atoms with Crippen LogP contribution in [-0.4, -0.2) is 39.9 Å². The number of para-hydroxylation sites is 1. The van der Waals surface area contributed by atoms with Crippen molar-refractivity contribution in [2.75, 3.05) is 18.8 Å². The average Bonchev–Trinajstić information content (AvgIpc) is 2.90. The van der Waals surface area contributed by atoms with Crippen molar-refractivity contribution in [3.05, 3.63) is 36.0 Å². The molecule has 0 spiro atoms. The third-order valence-electron chi connectivity index (χ3n) is 3.70. The summed E-state index contributed by atoms with van der Waals surface area (Å²) in [5.74, 6) is 1.21. The van der Waals surface area contributed by atoms with Gasteiger partial charge in [-0.05, 0) is 12.5 Å². The van der Waals surface area contributed by atoms with E-state index in [-0.39, 0.29) is 5.91 Å². The Morgan fingerprint density at radius 1 is 1.47 bits per heavy atom. The van der Waals surface area contributed by atoms with E-state index in [0.29, 0.717) is 5.25 Å². The van der Waals surface area contributed by atoms with Gasteiger partial charge >= 0.3 is 0 Å². The number of nitrogens with one attached hydrogen (secondary N) is 1. The smallest absolute Gasteiger partial charge is 0.256 e. The van der Waals surface area contributed by atoms with E-state index in [0.717, 1.165) is 41.7 Å². The van der Waals surface area contributed by atoms with E-state index in [9.17, 15) is 4.79 Å². The highest BCUT2D eigenvalue weighted by atomic mass is 32.2. The standard InChI is InChI=1S/C15H18N2OS/c1-2-11-10-17(7-8-19-11)15(18)13-9-16-14-6-4-3-5-12(13)14/h3-6,9,11,16H,2,7-8,10H2,1H3. The number of carbonyl (C=O) groups excluding carboxylic acids is 1. The molecule has 1 aliphatic rings. The van der Waals surface area contributed by atoms with Gasteiger partial charge in [-0.2, -0.15) is 11.8 Å². The largest absolute Gasteiger partial charge is 0.360 e. The predicted molar refractivity (Wildman–Crippen MR) is 80.7 cm³/mol. The first-order valence-corrected chi connectivity index (χ1v) is 7.81. The molecule has 0 aliphatic carbocycles. The maximum atomic E-state index is 12.6. The highest BCUT2D eigenvalue weighted by Gasteiger charge is 2.25. The van der Waals surface area contributed by atoms with Crippen molar-refractivity contribution in [2.45, 2.75) is 18.6 Å². The molecule has 3 rings (SSSR count). The number of hydrogen-bond donors (Lipinski definition) is 1. The van der Waals surface area contributed by atoms with Crippen molar-refractivity contribution in [1.29, 1.82) is 0 Å².